The first-order chi connectivity index (χ1) is 8.41. The first-order valence-corrected chi connectivity index (χ1v) is 7.89. The Morgan fingerprint density at radius 2 is 2.06 bits per heavy atom. The van der Waals surface area contributed by atoms with Crippen LogP contribution in [0.4, 0.5) is 0 Å². The summed E-state index contributed by atoms with van der Waals surface area (Å²) in [6.45, 7) is 2.70. The highest BCUT2D eigenvalue weighted by molar-refractivity contribution is 7.89. The Balaban J connectivity index is 3.79. The summed E-state index contributed by atoms with van der Waals surface area (Å²) < 4.78 is 30.2. The molecule has 8 heteroatoms. The Hall–Kier alpha value is -0.370. The maximum absolute atomic E-state index is 11.5. The molecule has 0 aliphatic rings. The minimum absolute atomic E-state index is 0.0260. The maximum Gasteiger partial charge on any atom is 0.221 e. The molecule has 0 aliphatic carbocycles. The first kappa shape index (κ1) is 17.6. The zero-order valence-electron chi connectivity index (χ0n) is 10.7. The molecule has 0 rings (SSSR count). The van der Waals surface area contributed by atoms with Crippen molar-refractivity contribution in [2.75, 3.05) is 38.4 Å². The lowest BCUT2D eigenvalue weighted by Gasteiger charge is -2.10. The van der Waals surface area contributed by atoms with E-state index >= 15 is 0 Å². The van der Waals surface area contributed by atoms with Crippen molar-refractivity contribution in [2.24, 2.45) is 5.92 Å². The second kappa shape index (κ2) is 9.55. The second-order valence-corrected chi connectivity index (χ2v) is 6.19. The summed E-state index contributed by atoms with van der Waals surface area (Å²) in [5.74, 6) is -0.0555. The number of carbonyl (C=O) groups is 1. The third-order valence-corrected chi connectivity index (χ3v) is 4.25. The molecule has 18 heavy (non-hydrogen) atoms. The van der Waals surface area contributed by atoms with Crippen LogP contribution in [0.25, 0.3) is 0 Å². The summed E-state index contributed by atoms with van der Waals surface area (Å²) in [4.78, 5) is 11.3. The fourth-order valence-electron chi connectivity index (χ4n) is 1.18. The molecule has 0 aliphatic heterocycles. The van der Waals surface area contributed by atoms with Gasteiger partial charge in [0.1, 0.15) is 0 Å². The second-order valence-electron chi connectivity index (χ2n) is 4.03. The van der Waals surface area contributed by atoms with Gasteiger partial charge in [0.2, 0.25) is 15.9 Å². The zero-order chi connectivity index (χ0) is 14.0. The van der Waals surface area contributed by atoms with Crippen molar-refractivity contribution in [3.63, 3.8) is 0 Å². The molecule has 0 heterocycles. The molecule has 0 bridgehead atoms. The molecular weight excluding hydrogens is 280 g/mol. The van der Waals surface area contributed by atoms with Gasteiger partial charge < -0.3 is 10.1 Å². The number of ether oxygens (including phenoxy) is 1. The van der Waals surface area contributed by atoms with Gasteiger partial charge in [0, 0.05) is 32.5 Å². The molecule has 6 nitrogen and oxygen atoms in total. The number of hydrogen-bond acceptors (Lipinski definition) is 4. The van der Waals surface area contributed by atoms with Gasteiger partial charge in [0.15, 0.2) is 0 Å². The zero-order valence-corrected chi connectivity index (χ0v) is 12.3. The quantitative estimate of drug-likeness (QED) is 0.437. The number of hydrogen-bond donors (Lipinski definition) is 2. The molecule has 0 aromatic carbocycles. The summed E-state index contributed by atoms with van der Waals surface area (Å²) in [5, 5.41) is 2.60. The third kappa shape index (κ3) is 9.64. The highest BCUT2D eigenvalue weighted by Gasteiger charge is 2.14. The van der Waals surface area contributed by atoms with Crippen LogP contribution in [-0.4, -0.2) is 52.8 Å². The third-order valence-electron chi connectivity index (χ3n) is 2.07. The van der Waals surface area contributed by atoms with Gasteiger partial charge >= 0.3 is 0 Å². The van der Waals surface area contributed by atoms with Crippen molar-refractivity contribution in [2.45, 2.75) is 13.3 Å². The van der Waals surface area contributed by atoms with Crippen LogP contribution in [-0.2, 0) is 19.6 Å². The lowest BCUT2D eigenvalue weighted by molar-refractivity contribution is -0.121. The molecule has 0 spiro atoms. The maximum atomic E-state index is 11.5. The van der Waals surface area contributed by atoms with Crippen LogP contribution >= 0.6 is 11.6 Å². The predicted molar refractivity (Wildman–Crippen MR) is 71.2 cm³/mol. The number of halogens is 1. The lowest BCUT2D eigenvalue weighted by atomic mass is 10.3. The van der Waals surface area contributed by atoms with E-state index in [1.807, 2.05) is 0 Å². The average molecular weight is 301 g/mol. The number of sulfonamides is 1. The van der Waals surface area contributed by atoms with E-state index in [1.165, 1.54) is 0 Å². The van der Waals surface area contributed by atoms with Gasteiger partial charge in [-0.05, 0) is 5.92 Å². The van der Waals surface area contributed by atoms with Crippen LogP contribution < -0.4 is 10.0 Å². The number of alkyl halides is 1. The van der Waals surface area contributed by atoms with Gasteiger partial charge in [-0.15, -0.1) is 11.6 Å². The van der Waals surface area contributed by atoms with Crippen molar-refractivity contribution in [1.29, 1.82) is 0 Å². The van der Waals surface area contributed by atoms with Crippen LogP contribution in [0.3, 0.4) is 0 Å². The summed E-state index contributed by atoms with van der Waals surface area (Å²) in [6.07, 6.45) is 0.109. The van der Waals surface area contributed by atoms with Crippen LogP contribution in [0.2, 0.25) is 0 Å². The van der Waals surface area contributed by atoms with Gasteiger partial charge in [-0.25, -0.2) is 13.1 Å². The Kier molecular flexibility index (Phi) is 9.35. The number of rotatable bonds is 10. The standard InChI is InChI=1S/C10H21ClN2O4S/c1-9(7-11)8-18(15,16)13-4-3-10(14)12-5-6-17-2/h9,13H,3-8H2,1-2H3,(H,12,14). The van der Waals surface area contributed by atoms with Crippen molar-refractivity contribution in [3.05, 3.63) is 0 Å². The van der Waals surface area contributed by atoms with E-state index in [0.717, 1.165) is 0 Å². The minimum atomic E-state index is -3.35. The molecule has 2 N–H and O–H groups in total. The van der Waals surface area contributed by atoms with E-state index < -0.39 is 10.0 Å². The minimum Gasteiger partial charge on any atom is -0.383 e. The van der Waals surface area contributed by atoms with E-state index in [4.69, 9.17) is 16.3 Å². The number of carbonyl (C=O) groups excluding carboxylic acids is 1. The largest absolute Gasteiger partial charge is 0.383 e. The summed E-state index contributed by atoms with van der Waals surface area (Å²) in [6, 6.07) is 0. The first-order valence-electron chi connectivity index (χ1n) is 5.70. The highest BCUT2D eigenvalue weighted by atomic mass is 35.5. The Bertz CT molecular complexity index is 335. The van der Waals surface area contributed by atoms with Crippen LogP contribution in [0.15, 0.2) is 0 Å². The van der Waals surface area contributed by atoms with Crippen molar-refractivity contribution in [3.8, 4) is 0 Å². The van der Waals surface area contributed by atoms with Gasteiger partial charge in [-0.1, -0.05) is 6.92 Å². The summed E-state index contributed by atoms with van der Waals surface area (Å²) >= 11 is 5.55. The molecule has 1 amide bonds. The van der Waals surface area contributed by atoms with E-state index in [0.29, 0.717) is 19.0 Å². The topological polar surface area (TPSA) is 84.5 Å². The summed E-state index contributed by atoms with van der Waals surface area (Å²) in [7, 11) is -1.81. The van der Waals surface area contributed by atoms with Gasteiger partial charge in [-0.2, -0.15) is 0 Å². The van der Waals surface area contributed by atoms with E-state index in [1.54, 1.807) is 14.0 Å². The fraction of sp³-hybridized carbons (Fsp3) is 0.900. The van der Waals surface area contributed by atoms with Crippen LogP contribution in [0.5, 0.6) is 0 Å². The SMILES string of the molecule is COCCNC(=O)CCNS(=O)(=O)CC(C)CCl. The van der Waals surface area contributed by atoms with Crippen molar-refractivity contribution >= 4 is 27.5 Å². The molecule has 0 aromatic heterocycles. The Morgan fingerprint density at radius 3 is 2.61 bits per heavy atom. The Morgan fingerprint density at radius 1 is 1.39 bits per heavy atom. The molecule has 0 aromatic rings. The monoisotopic (exact) mass is 300 g/mol. The molecule has 0 fully saturated rings. The van der Waals surface area contributed by atoms with Gasteiger partial charge in [0.25, 0.3) is 0 Å². The number of nitrogens with one attached hydrogen (secondary N) is 2. The highest BCUT2D eigenvalue weighted by Crippen LogP contribution is 2.01. The number of amides is 1. The number of methoxy groups -OCH3 is 1. The fourth-order valence-corrected chi connectivity index (χ4v) is 2.82. The van der Waals surface area contributed by atoms with Crippen LogP contribution in [0, 0.1) is 5.92 Å². The van der Waals surface area contributed by atoms with Crippen molar-refractivity contribution < 1.29 is 17.9 Å². The normalized spacial score (nSPS) is 13.3. The average Bonchev–Trinajstić information content (AvgIpc) is 2.28. The predicted octanol–water partition coefficient (Wildman–Crippen LogP) is -0.0666. The van der Waals surface area contributed by atoms with Crippen molar-refractivity contribution in [1.82, 2.24) is 10.0 Å². The molecule has 1 unspecified atom stereocenters. The molecule has 0 saturated carbocycles. The molecule has 0 radical (unpaired) electrons. The van der Waals surface area contributed by atoms with Gasteiger partial charge in [-0.3, -0.25) is 4.79 Å². The Labute approximate surface area is 113 Å². The summed E-state index contributed by atoms with van der Waals surface area (Å²) in [5.41, 5.74) is 0. The smallest absolute Gasteiger partial charge is 0.221 e. The van der Waals surface area contributed by atoms with E-state index in [9.17, 15) is 13.2 Å². The molecule has 108 valence electrons. The molecule has 1 atom stereocenters. The molecule has 0 saturated heterocycles. The lowest BCUT2D eigenvalue weighted by Crippen LogP contribution is -2.34. The van der Waals surface area contributed by atoms with E-state index in [2.05, 4.69) is 10.0 Å². The van der Waals surface area contributed by atoms with Gasteiger partial charge in [0.05, 0.1) is 12.4 Å². The van der Waals surface area contributed by atoms with Crippen LogP contribution in [0.1, 0.15) is 13.3 Å². The molecular formula is C10H21ClN2O4S. The van der Waals surface area contributed by atoms with E-state index in [-0.39, 0.29) is 30.5 Å².